The van der Waals surface area contributed by atoms with E-state index in [4.69, 9.17) is 4.74 Å². The minimum absolute atomic E-state index is 0.352. The van der Waals surface area contributed by atoms with Crippen LogP contribution in [0.1, 0.15) is 13.3 Å². The van der Waals surface area contributed by atoms with Gasteiger partial charge in [0.15, 0.2) is 3.92 Å². The summed E-state index contributed by atoms with van der Waals surface area (Å²) in [5.41, 5.74) is 0.895. The molecule has 2 rings (SSSR count). The number of thiazole rings is 1. The molecule has 0 N–H and O–H groups in total. The molecule has 0 aliphatic carbocycles. The van der Waals surface area contributed by atoms with Crippen molar-refractivity contribution in [2.75, 3.05) is 0 Å². The highest BCUT2D eigenvalue weighted by Crippen LogP contribution is 2.29. The van der Waals surface area contributed by atoms with Crippen LogP contribution in [-0.2, 0) is 0 Å². The van der Waals surface area contributed by atoms with Crippen molar-refractivity contribution in [1.82, 2.24) is 4.98 Å². The Bertz CT molecular complexity index is 473. The zero-order valence-electron chi connectivity index (χ0n) is 8.04. The third kappa shape index (κ3) is 2.46. The lowest BCUT2D eigenvalue weighted by molar-refractivity contribution is 0.0643. The summed E-state index contributed by atoms with van der Waals surface area (Å²) < 4.78 is 19.9. The summed E-state index contributed by atoms with van der Waals surface area (Å²) in [6.07, 6.45) is -0.886. The highest BCUT2D eigenvalue weighted by molar-refractivity contribution is 9.11. The van der Waals surface area contributed by atoms with E-state index in [-0.39, 0.29) is 0 Å². The molecule has 1 atom stereocenters. The van der Waals surface area contributed by atoms with Gasteiger partial charge in [0.25, 0.3) is 0 Å². The van der Waals surface area contributed by atoms with Crippen molar-refractivity contribution in [2.45, 2.75) is 19.7 Å². The lowest BCUT2D eigenvalue weighted by atomic mass is 10.3. The Labute approximate surface area is 99.2 Å². The monoisotopic (exact) mass is 289 g/mol. The molecule has 80 valence electrons. The van der Waals surface area contributed by atoms with Crippen LogP contribution in [0.2, 0.25) is 0 Å². The zero-order chi connectivity index (χ0) is 10.8. The smallest absolute Gasteiger partial charge is 0.238 e. The maximum atomic E-state index is 13.0. The number of aromatic nitrogens is 1. The highest BCUT2D eigenvalue weighted by atomic mass is 79.9. The summed E-state index contributed by atoms with van der Waals surface area (Å²) in [5.74, 6) is 0.549. The first-order chi connectivity index (χ1) is 7.19. The fourth-order valence-electron chi connectivity index (χ4n) is 1.18. The topological polar surface area (TPSA) is 22.1 Å². The van der Waals surface area contributed by atoms with Crippen molar-refractivity contribution in [3.8, 4) is 5.75 Å². The lowest BCUT2D eigenvalue weighted by Crippen LogP contribution is -2.07. The highest BCUT2D eigenvalue weighted by Gasteiger charge is 2.07. The van der Waals surface area contributed by atoms with E-state index in [2.05, 4.69) is 20.9 Å². The number of fused-ring (bicyclic) bond motifs is 1. The molecule has 1 aromatic carbocycles. The van der Waals surface area contributed by atoms with E-state index in [1.807, 2.05) is 6.07 Å². The van der Waals surface area contributed by atoms with Gasteiger partial charge < -0.3 is 4.74 Å². The Hall–Kier alpha value is -0.680. The van der Waals surface area contributed by atoms with Crippen LogP contribution in [0.4, 0.5) is 4.39 Å². The Kier molecular flexibility index (Phi) is 3.21. The maximum Gasteiger partial charge on any atom is 0.238 e. The van der Waals surface area contributed by atoms with Crippen LogP contribution in [0.3, 0.4) is 0 Å². The van der Waals surface area contributed by atoms with Crippen LogP contribution < -0.4 is 4.74 Å². The number of alkyl halides is 1. The molecule has 1 aromatic heterocycles. The Balaban J connectivity index is 2.30. The van der Waals surface area contributed by atoms with Gasteiger partial charge in [0, 0.05) is 6.42 Å². The van der Waals surface area contributed by atoms with Crippen LogP contribution in [-0.4, -0.2) is 11.3 Å². The first-order valence-electron chi connectivity index (χ1n) is 4.56. The zero-order valence-corrected chi connectivity index (χ0v) is 10.4. The van der Waals surface area contributed by atoms with Gasteiger partial charge in [-0.25, -0.2) is 9.37 Å². The van der Waals surface area contributed by atoms with Crippen LogP contribution in [0.25, 0.3) is 10.2 Å². The lowest BCUT2D eigenvalue weighted by Gasteiger charge is -2.08. The third-order valence-electron chi connectivity index (χ3n) is 1.92. The molecule has 1 heterocycles. The van der Waals surface area contributed by atoms with E-state index in [1.54, 1.807) is 19.1 Å². The molecular weight excluding hydrogens is 281 g/mol. The third-order valence-corrected chi connectivity index (χ3v) is 3.39. The molecule has 0 bridgehead atoms. The SMILES string of the molecule is CCC(F)Oc1ccc2nc(Br)sc2c1. The van der Waals surface area contributed by atoms with Gasteiger partial charge in [0.05, 0.1) is 10.2 Å². The molecule has 15 heavy (non-hydrogen) atoms. The second-order valence-electron chi connectivity index (χ2n) is 3.03. The molecular formula is C10H9BrFNOS. The van der Waals surface area contributed by atoms with Crippen molar-refractivity contribution < 1.29 is 9.13 Å². The van der Waals surface area contributed by atoms with Gasteiger partial charge in [-0.1, -0.05) is 6.92 Å². The van der Waals surface area contributed by atoms with E-state index >= 15 is 0 Å². The van der Waals surface area contributed by atoms with Gasteiger partial charge in [-0.05, 0) is 34.1 Å². The minimum atomic E-state index is -1.24. The normalized spacial score (nSPS) is 13.0. The van der Waals surface area contributed by atoms with E-state index in [9.17, 15) is 4.39 Å². The Morgan fingerprint density at radius 1 is 1.60 bits per heavy atom. The van der Waals surface area contributed by atoms with E-state index in [1.165, 1.54) is 11.3 Å². The fourth-order valence-corrected chi connectivity index (χ4v) is 2.61. The van der Waals surface area contributed by atoms with Gasteiger partial charge in [0.2, 0.25) is 6.36 Å². The van der Waals surface area contributed by atoms with Gasteiger partial charge in [-0.3, -0.25) is 0 Å². The Morgan fingerprint density at radius 2 is 2.40 bits per heavy atom. The number of benzene rings is 1. The molecule has 0 fully saturated rings. The van der Waals surface area contributed by atoms with Crippen molar-refractivity contribution in [3.05, 3.63) is 22.1 Å². The average molecular weight is 290 g/mol. The second kappa shape index (κ2) is 4.45. The number of hydrogen-bond donors (Lipinski definition) is 0. The molecule has 0 aliphatic heterocycles. The second-order valence-corrected chi connectivity index (χ2v) is 5.34. The predicted molar refractivity (Wildman–Crippen MR) is 63.1 cm³/mol. The molecule has 0 aliphatic rings. The molecule has 0 amide bonds. The summed E-state index contributed by atoms with van der Waals surface area (Å²) in [6.45, 7) is 1.74. The van der Waals surface area contributed by atoms with Gasteiger partial charge in [-0.15, -0.1) is 11.3 Å². The average Bonchev–Trinajstić information content (AvgIpc) is 2.57. The number of halogens is 2. The first-order valence-corrected chi connectivity index (χ1v) is 6.17. The Morgan fingerprint density at radius 3 is 3.13 bits per heavy atom. The summed E-state index contributed by atoms with van der Waals surface area (Å²) in [6, 6.07) is 5.37. The molecule has 5 heteroatoms. The van der Waals surface area contributed by atoms with Crippen molar-refractivity contribution in [3.63, 3.8) is 0 Å². The summed E-state index contributed by atoms with van der Waals surface area (Å²) in [4.78, 5) is 4.24. The van der Waals surface area contributed by atoms with E-state index < -0.39 is 6.36 Å². The van der Waals surface area contributed by atoms with E-state index in [0.29, 0.717) is 12.2 Å². The first kappa shape index (κ1) is 10.8. The van der Waals surface area contributed by atoms with E-state index in [0.717, 1.165) is 14.1 Å². The molecule has 2 nitrogen and oxygen atoms in total. The van der Waals surface area contributed by atoms with Crippen molar-refractivity contribution >= 4 is 37.5 Å². The predicted octanol–water partition coefficient (Wildman–Crippen LogP) is 4.14. The van der Waals surface area contributed by atoms with Gasteiger partial charge in [-0.2, -0.15) is 0 Å². The van der Waals surface area contributed by atoms with Crippen LogP contribution in [0.5, 0.6) is 5.75 Å². The molecule has 0 radical (unpaired) electrons. The minimum Gasteiger partial charge on any atom is -0.460 e. The molecule has 0 spiro atoms. The molecule has 0 saturated heterocycles. The maximum absolute atomic E-state index is 13.0. The number of hydrogen-bond acceptors (Lipinski definition) is 3. The van der Waals surface area contributed by atoms with Crippen LogP contribution in [0.15, 0.2) is 22.1 Å². The van der Waals surface area contributed by atoms with Gasteiger partial charge >= 0.3 is 0 Å². The largest absolute Gasteiger partial charge is 0.460 e. The standard InChI is InChI=1S/C10H9BrFNOS/c1-2-9(12)14-6-3-4-7-8(5-6)15-10(11)13-7/h3-5,9H,2H2,1H3. The van der Waals surface area contributed by atoms with Crippen molar-refractivity contribution in [2.24, 2.45) is 0 Å². The molecule has 2 aromatic rings. The molecule has 1 unspecified atom stereocenters. The summed E-state index contributed by atoms with van der Waals surface area (Å²) in [7, 11) is 0. The van der Waals surface area contributed by atoms with Crippen LogP contribution in [0, 0.1) is 0 Å². The quantitative estimate of drug-likeness (QED) is 0.847. The summed E-state index contributed by atoms with van der Waals surface area (Å²) in [5, 5.41) is 0. The fraction of sp³-hybridized carbons (Fsp3) is 0.300. The molecule has 0 saturated carbocycles. The number of nitrogens with zero attached hydrogens (tertiary/aromatic N) is 1. The van der Waals surface area contributed by atoms with Crippen LogP contribution >= 0.6 is 27.3 Å². The summed E-state index contributed by atoms with van der Waals surface area (Å²) >= 11 is 4.81. The number of rotatable bonds is 3. The number of ether oxygens (including phenoxy) is 1. The van der Waals surface area contributed by atoms with Gasteiger partial charge in [0.1, 0.15) is 5.75 Å². The van der Waals surface area contributed by atoms with Crippen molar-refractivity contribution in [1.29, 1.82) is 0 Å².